The van der Waals surface area contributed by atoms with Crippen LogP contribution in [-0.2, 0) is 14.3 Å². The van der Waals surface area contributed by atoms with Crippen molar-refractivity contribution in [3.05, 3.63) is 0 Å². The van der Waals surface area contributed by atoms with Gasteiger partial charge >= 0.3 is 5.97 Å². The van der Waals surface area contributed by atoms with Crippen molar-refractivity contribution in [1.29, 1.82) is 0 Å². The summed E-state index contributed by atoms with van der Waals surface area (Å²) in [4.78, 5) is 10.9. The molecule has 2 aliphatic rings. The molecule has 1 spiro atoms. The summed E-state index contributed by atoms with van der Waals surface area (Å²) in [6, 6.07) is 0. The number of carbonyl (C=O) groups is 1. The maximum Gasteiger partial charge on any atom is 0.305 e. The second-order valence-corrected chi connectivity index (χ2v) is 5.36. The van der Waals surface area contributed by atoms with Crippen molar-refractivity contribution < 1.29 is 19.4 Å². The molecular formula is C13H23NO4. The number of carboxylic acids is 1. The molecule has 1 aliphatic heterocycles. The maximum atomic E-state index is 10.9. The van der Waals surface area contributed by atoms with E-state index in [1.54, 1.807) is 0 Å². The Morgan fingerprint density at radius 1 is 1.22 bits per heavy atom. The third kappa shape index (κ3) is 3.43. The van der Waals surface area contributed by atoms with Crippen LogP contribution >= 0.6 is 0 Å². The average molecular weight is 257 g/mol. The Morgan fingerprint density at radius 2 is 1.89 bits per heavy atom. The fraction of sp³-hybridized carbons (Fsp3) is 0.923. The highest BCUT2D eigenvalue weighted by molar-refractivity contribution is 5.67. The van der Waals surface area contributed by atoms with Crippen LogP contribution in [0.15, 0.2) is 0 Å². The highest BCUT2D eigenvalue weighted by Crippen LogP contribution is 2.40. The molecule has 0 bridgehead atoms. The third-order valence-electron chi connectivity index (χ3n) is 3.79. The van der Waals surface area contributed by atoms with Crippen molar-refractivity contribution in [2.75, 3.05) is 6.54 Å². The zero-order valence-corrected chi connectivity index (χ0v) is 10.8. The molecule has 1 saturated carbocycles. The van der Waals surface area contributed by atoms with Gasteiger partial charge in [-0.1, -0.05) is 6.42 Å². The highest BCUT2D eigenvalue weighted by atomic mass is 16.7. The monoisotopic (exact) mass is 257 g/mol. The zero-order chi connectivity index (χ0) is 13.0. The van der Waals surface area contributed by atoms with Gasteiger partial charge in [0.25, 0.3) is 0 Å². The van der Waals surface area contributed by atoms with Crippen LogP contribution in [-0.4, -0.2) is 35.6 Å². The Labute approximate surface area is 108 Å². The van der Waals surface area contributed by atoms with Crippen molar-refractivity contribution in [1.82, 2.24) is 0 Å². The highest BCUT2D eigenvalue weighted by Gasteiger charge is 2.43. The molecule has 0 aromatic heterocycles. The first-order chi connectivity index (χ1) is 8.63. The van der Waals surface area contributed by atoms with Gasteiger partial charge in [-0.3, -0.25) is 4.79 Å². The Hall–Kier alpha value is -0.650. The molecule has 0 radical (unpaired) electrons. The normalized spacial score (nSPS) is 31.4. The van der Waals surface area contributed by atoms with Gasteiger partial charge in [-0.15, -0.1) is 0 Å². The summed E-state index contributed by atoms with van der Waals surface area (Å²) < 4.78 is 12.0. The molecule has 104 valence electrons. The molecule has 18 heavy (non-hydrogen) atoms. The van der Waals surface area contributed by atoms with E-state index >= 15 is 0 Å². The van der Waals surface area contributed by atoms with Gasteiger partial charge in [0.15, 0.2) is 5.79 Å². The number of hydrogen-bond acceptors (Lipinski definition) is 4. The van der Waals surface area contributed by atoms with E-state index < -0.39 is 11.8 Å². The summed E-state index contributed by atoms with van der Waals surface area (Å²) in [6.45, 7) is 0.570. The van der Waals surface area contributed by atoms with Gasteiger partial charge in [0.2, 0.25) is 0 Å². The first-order valence-corrected chi connectivity index (χ1v) is 6.91. The quantitative estimate of drug-likeness (QED) is 0.800. The molecule has 0 aromatic carbocycles. The predicted octanol–water partition coefficient (Wildman–Crippen LogP) is 1.64. The molecule has 3 N–H and O–H groups in total. The predicted molar refractivity (Wildman–Crippen MR) is 66.1 cm³/mol. The maximum absolute atomic E-state index is 10.9. The van der Waals surface area contributed by atoms with E-state index in [-0.39, 0.29) is 18.6 Å². The lowest BCUT2D eigenvalue weighted by Crippen LogP contribution is -2.50. The standard InChI is InChI=1S/C13H23NO4/c14-7-4-10-8-11(9-12(15)16)18-13(17-10)5-2-1-3-6-13/h10-11H,1-9,14H2,(H,15,16)/t10-,11-/m0/s1. The van der Waals surface area contributed by atoms with Gasteiger partial charge in [0, 0.05) is 19.3 Å². The average Bonchev–Trinajstić information content (AvgIpc) is 2.28. The van der Waals surface area contributed by atoms with Gasteiger partial charge in [-0.25, -0.2) is 0 Å². The van der Waals surface area contributed by atoms with E-state index in [2.05, 4.69) is 0 Å². The molecule has 2 atom stereocenters. The summed E-state index contributed by atoms with van der Waals surface area (Å²) >= 11 is 0. The molecule has 5 nitrogen and oxygen atoms in total. The van der Waals surface area contributed by atoms with Crippen molar-refractivity contribution in [3.63, 3.8) is 0 Å². The van der Waals surface area contributed by atoms with Crippen LogP contribution < -0.4 is 5.73 Å². The topological polar surface area (TPSA) is 81.8 Å². The first kappa shape index (κ1) is 13.8. The molecule has 0 unspecified atom stereocenters. The zero-order valence-electron chi connectivity index (χ0n) is 10.8. The van der Waals surface area contributed by atoms with E-state index in [1.807, 2.05) is 0 Å². The minimum absolute atomic E-state index is 0.0474. The number of nitrogens with two attached hydrogens (primary N) is 1. The van der Waals surface area contributed by atoms with Crippen molar-refractivity contribution in [2.24, 2.45) is 5.73 Å². The van der Waals surface area contributed by atoms with Crippen LogP contribution in [0.3, 0.4) is 0 Å². The van der Waals surface area contributed by atoms with Gasteiger partial charge in [0.1, 0.15) is 0 Å². The summed E-state index contributed by atoms with van der Waals surface area (Å²) in [7, 11) is 0. The van der Waals surface area contributed by atoms with Crippen molar-refractivity contribution in [3.8, 4) is 0 Å². The lowest BCUT2D eigenvalue weighted by Gasteiger charge is -2.46. The summed E-state index contributed by atoms with van der Waals surface area (Å²) in [6.07, 6.45) is 6.45. The molecule has 0 aromatic rings. The van der Waals surface area contributed by atoms with Crippen molar-refractivity contribution in [2.45, 2.75) is 69.4 Å². The fourth-order valence-corrected chi connectivity index (χ4v) is 3.03. The van der Waals surface area contributed by atoms with Gasteiger partial charge in [-0.05, 0) is 25.8 Å². The van der Waals surface area contributed by atoms with Crippen molar-refractivity contribution >= 4 is 5.97 Å². The van der Waals surface area contributed by atoms with Crippen LogP contribution in [0.1, 0.15) is 51.4 Å². The molecule has 1 saturated heterocycles. The third-order valence-corrected chi connectivity index (χ3v) is 3.79. The molecule has 5 heteroatoms. The number of ether oxygens (including phenoxy) is 2. The Morgan fingerprint density at radius 3 is 2.50 bits per heavy atom. The lowest BCUT2D eigenvalue weighted by molar-refractivity contribution is -0.329. The molecule has 2 rings (SSSR count). The van der Waals surface area contributed by atoms with E-state index in [4.69, 9.17) is 20.3 Å². The molecule has 2 fully saturated rings. The molecule has 1 heterocycles. The largest absolute Gasteiger partial charge is 0.481 e. The number of hydrogen-bond donors (Lipinski definition) is 2. The molecular weight excluding hydrogens is 234 g/mol. The second kappa shape index (κ2) is 5.99. The number of aliphatic carboxylic acids is 1. The van der Waals surface area contributed by atoms with Crippen LogP contribution in [0.5, 0.6) is 0 Å². The van der Waals surface area contributed by atoms with Crippen LogP contribution in [0.25, 0.3) is 0 Å². The first-order valence-electron chi connectivity index (χ1n) is 6.91. The van der Waals surface area contributed by atoms with E-state index in [0.29, 0.717) is 13.0 Å². The molecule has 0 amide bonds. The van der Waals surface area contributed by atoms with Gasteiger partial charge in [0.05, 0.1) is 18.6 Å². The second-order valence-electron chi connectivity index (χ2n) is 5.36. The van der Waals surface area contributed by atoms with Crippen LogP contribution in [0.4, 0.5) is 0 Å². The van der Waals surface area contributed by atoms with Crippen LogP contribution in [0, 0.1) is 0 Å². The Balaban J connectivity index is 2.02. The van der Waals surface area contributed by atoms with Gasteiger partial charge in [-0.2, -0.15) is 0 Å². The van der Waals surface area contributed by atoms with E-state index in [0.717, 1.165) is 32.1 Å². The minimum atomic E-state index is -0.806. The number of rotatable bonds is 4. The minimum Gasteiger partial charge on any atom is -0.481 e. The Bertz CT molecular complexity index is 289. The summed E-state index contributed by atoms with van der Waals surface area (Å²) in [5.74, 6) is -1.34. The Kier molecular flexibility index (Phi) is 4.59. The SMILES string of the molecule is NCC[C@H]1C[C@@H](CC(=O)O)OC2(CCCCC2)O1. The number of carboxylic acid groups (broad SMARTS) is 1. The molecule has 1 aliphatic carbocycles. The van der Waals surface area contributed by atoms with Gasteiger partial charge < -0.3 is 20.3 Å². The van der Waals surface area contributed by atoms with E-state index in [9.17, 15) is 4.79 Å². The summed E-state index contributed by atoms with van der Waals surface area (Å²) in [5.41, 5.74) is 5.59. The smallest absolute Gasteiger partial charge is 0.305 e. The van der Waals surface area contributed by atoms with Crippen LogP contribution in [0.2, 0.25) is 0 Å². The summed E-state index contributed by atoms with van der Waals surface area (Å²) in [5, 5.41) is 8.92. The lowest BCUT2D eigenvalue weighted by atomic mass is 9.91. The fourth-order valence-electron chi connectivity index (χ4n) is 3.03. The van der Waals surface area contributed by atoms with E-state index in [1.165, 1.54) is 6.42 Å².